The van der Waals surface area contributed by atoms with E-state index in [2.05, 4.69) is 26.2 Å². The third-order valence-corrected chi connectivity index (χ3v) is 4.28. The van der Waals surface area contributed by atoms with E-state index in [1.54, 1.807) is 24.3 Å². The van der Waals surface area contributed by atoms with Crippen LogP contribution >= 0.6 is 15.9 Å². The van der Waals surface area contributed by atoms with Crippen LogP contribution < -0.4 is 10.1 Å². The Morgan fingerprint density at radius 2 is 1.89 bits per heavy atom. The number of halogens is 3. The molecule has 0 unspecified atom stereocenters. The SMILES string of the molecule is CCOc1cccc(-c2cc(F)c(Nc3ncc(Br)cc3C(=O)O)c(F)c2)c1. The second kappa shape index (κ2) is 8.35. The highest BCUT2D eigenvalue weighted by Gasteiger charge is 2.18. The van der Waals surface area contributed by atoms with Gasteiger partial charge in [0.1, 0.15) is 34.5 Å². The van der Waals surface area contributed by atoms with Gasteiger partial charge < -0.3 is 15.2 Å². The first kappa shape index (κ1) is 19.8. The average Bonchev–Trinajstić information content (AvgIpc) is 2.66. The van der Waals surface area contributed by atoms with Gasteiger partial charge in [-0.05, 0) is 64.3 Å². The number of ether oxygens (including phenoxy) is 1. The summed E-state index contributed by atoms with van der Waals surface area (Å²) in [5.41, 5.74) is 0.205. The fourth-order valence-electron chi connectivity index (χ4n) is 2.61. The molecular weight excluding hydrogens is 434 g/mol. The number of hydrogen-bond donors (Lipinski definition) is 2. The van der Waals surface area contributed by atoms with E-state index >= 15 is 0 Å². The number of nitrogens with zero attached hydrogens (tertiary/aromatic N) is 1. The topological polar surface area (TPSA) is 71.5 Å². The average molecular weight is 449 g/mol. The Morgan fingerprint density at radius 1 is 1.18 bits per heavy atom. The van der Waals surface area contributed by atoms with E-state index in [1.807, 2.05) is 6.92 Å². The van der Waals surface area contributed by atoms with E-state index in [1.165, 1.54) is 12.3 Å². The molecule has 0 radical (unpaired) electrons. The first-order valence-electron chi connectivity index (χ1n) is 8.27. The van der Waals surface area contributed by atoms with Crippen LogP contribution in [0, 0.1) is 11.6 Å². The summed E-state index contributed by atoms with van der Waals surface area (Å²) >= 11 is 3.12. The number of anilines is 2. The molecule has 2 N–H and O–H groups in total. The molecule has 2 aromatic carbocycles. The highest BCUT2D eigenvalue weighted by atomic mass is 79.9. The lowest BCUT2D eigenvalue weighted by molar-refractivity contribution is 0.0697. The summed E-state index contributed by atoms with van der Waals surface area (Å²) in [6.45, 7) is 2.31. The number of hydrogen-bond acceptors (Lipinski definition) is 4. The number of aromatic carboxylic acids is 1. The standard InChI is InChI=1S/C20H15BrF2N2O3/c1-2-28-14-5-3-4-11(6-14)12-7-16(22)18(17(23)8-12)25-19-15(20(26)27)9-13(21)10-24-19/h3-10H,2H2,1H3,(H,24,25)(H,26,27). The van der Waals surface area contributed by atoms with Crippen LogP contribution in [0.2, 0.25) is 0 Å². The first-order chi connectivity index (χ1) is 13.4. The van der Waals surface area contributed by atoms with Gasteiger partial charge in [0.05, 0.1) is 6.61 Å². The fourth-order valence-corrected chi connectivity index (χ4v) is 2.94. The van der Waals surface area contributed by atoms with Crippen LogP contribution in [0.25, 0.3) is 11.1 Å². The molecule has 0 saturated heterocycles. The summed E-state index contributed by atoms with van der Waals surface area (Å²) in [4.78, 5) is 15.3. The molecule has 5 nitrogen and oxygen atoms in total. The van der Waals surface area contributed by atoms with E-state index in [-0.39, 0.29) is 11.4 Å². The van der Waals surface area contributed by atoms with Gasteiger partial charge in [0.2, 0.25) is 0 Å². The van der Waals surface area contributed by atoms with Gasteiger partial charge >= 0.3 is 5.97 Å². The lowest BCUT2D eigenvalue weighted by Crippen LogP contribution is -2.07. The Labute approximate surface area is 168 Å². The third kappa shape index (κ3) is 4.28. The number of carboxylic acid groups (broad SMARTS) is 1. The maximum Gasteiger partial charge on any atom is 0.339 e. The van der Waals surface area contributed by atoms with Gasteiger partial charge in [0.15, 0.2) is 0 Å². The molecule has 0 saturated carbocycles. The van der Waals surface area contributed by atoms with Crippen molar-refractivity contribution in [1.82, 2.24) is 4.98 Å². The Bertz CT molecular complexity index is 1020. The molecule has 0 spiro atoms. The minimum absolute atomic E-state index is 0.167. The quantitative estimate of drug-likeness (QED) is 0.511. The van der Waals surface area contributed by atoms with Crippen LogP contribution in [0.15, 0.2) is 53.1 Å². The van der Waals surface area contributed by atoms with Crippen molar-refractivity contribution in [3.05, 3.63) is 70.3 Å². The maximum atomic E-state index is 14.6. The molecule has 0 aliphatic rings. The van der Waals surface area contributed by atoms with Gasteiger partial charge in [-0.25, -0.2) is 18.6 Å². The maximum absolute atomic E-state index is 14.6. The zero-order valence-corrected chi connectivity index (χ0v) is 16.3. The molecule has 3 rings (SSSR count). The largest absolute Gasteiger partial charge is 0.494 e. The second-order valence-corrected chi connectivity index (χ2v) is 6.67. The number of benzene rings is 2. The predicted molar refractivity (Wildman–Crippen MR) is 105 cm³/mol. The Balaban J connectivity index is 1.98. The van der Waals surface area contributed by atoms with E-state index < -0.39 is 23.3 Å². The van der Waals surface area contributed by atoms with Crippen molar-refractivity contribution in [3.63, 3.8) is 0 Å². The van der Waals surface area contributed by atoms with Crippen LogP contribution in [0.4, 0.5) is 20.3 Å². The summed E-state index contributed by atoms with van der Waals surface area (Å²) in [7, 11) is 0. The fraction of sp³-hybridized carbons (Fsp3) is 0.100. The van der Waals surface area contributed by atoms with Gasteiger partial charge in [-0.15, -0.1) is 0 Å². The van der Waals surface area contributed by atoms with Crippen molar-refractivity contribution in [3.8, 4) is 16.9 Å². The number of rotatable bonds is 6. The monoisotopic (exact) mass is 448 g/mol. The molecule has 1 aromatic heterocycles. The number of carboxylic acids is 1. The van der Waals surface area contributed by atoms with Gasteiger partial charge in [0.25, 0.3) is 0 Å². The lowest BCUT2D eigenvalue weighted by atomic mass is 10.0. The van der Waals surface area contributed by atoms with Crippen LogP contribution in [0.3, 0.4) is 0 Å². The lowest BCUT2D eigenvalue weighted by Gasteiger charge is -2.13. The van der Waals surface area contributed by atoms with Gasteiger partial charge in [-0.2, -0.15) is 0 Å². The number of pyridine rings is 1. The summed E-state index contributed by atoms with van der Waals surface area (Å²) in [6.07, 6.45) is 1.33. The molecule has 0 fully saturated rings. The highest BCUT2D eigenvalue weighted by molar-refractivity contribution is 9.10. The highest BCUT2D eigenvalue weighted by Crippen LogP contribution is 2.31. The minimum Gasteiger partial charge on any atom is -0.494 e. The zero-order chi connectivity index (χ0) is 20.3. The molecule has 3 aromatic rings. The van der Waals surface area contributed by atoms with Crippen molar-refractivity contribution in [1.29, 1.82) is 0 Å². The molecule has 0 aliphatic heterocycles. The molecule has 0 atom stereocenters. The third-order valence-electron chi connectivity index (χ3n) is 3.85. The van der Waals surface area contributed by atoms with Crippen LogP contribution in [-0.2, 0) is 0 Å². The van der Waals surface area contributed by atoms with E-state index in [0.717, 1.165) is 12.1 Å². The first-order valence-corrected chi connectivity index (χ1v) is 9.06. The van der Waals surface area contributed by atoms with Crippen LogP contribution in [0.1, 0.15) is 17.3 Å². The number of carbonyl (C=O) groups is 1. The van der Waals surface area contributed by atoms with E-state index in [9.17, 15) is 18.7 Å². The summed E-state index contributed by atoms with van der Waals surface area (Å²) in [5.74, 6) is -2.61. The molecule has 28 heavy (non-hydrogen) atoms. The minimum atomic E-state index is -1.28. The predicted octanol–water partition coefficient (Wildman–Crippen LogP) is 5.63. The number of nitrogens with one attached hydrogen (secondary N) is 1. The Morgan fingerprint density at radius 3 is 2.54 bits per heavy atom. The van der Waals surface area contributed by atoms with Gasteiger partial charge in [-0.3, -0.25) is 0 Å². The van der Waals surface area contributed by atoms with Crippen molar-refractivity contribution in [2.45, 2.75) is 6.92 Å². The van der Waals surface area contributed by atoms with Crippen molar-refractivity contribution >= 4 is 33.4 Å². The van der Waals surface area contributed by atoms with E-state index in [0.29, 0.717) is 28.0 Å². The van der Waals surface area contributed by atoms with Crippen LogP contribution in [0.5, 0.6) is 5.75 Å². The van der Waals surface area contributed by atoms with Crippen molar-refractivity contribution < 1.29 is 23.4 Å². The molecular formula is C20H15BrF2N2O3. The number of aromatic nitrogens is 1. The molecule has 0 amide bonds. The summed E-state index contributed by atoms with van der Waals surface area (Å²) in [6, 6.07) is 10.5. The van der Waals surface area contributed by atoms with Crippen LogP contribution in [-0.4, -0.2) is 22.7 Å². The normalized spacial score (nSPS) is 10.6. The van der Waals surface area contributed by atoms with Crippen molar-refractivity contribution in [2.75, 3.05) is 11.9 Å². The molecule has 0 aliphatic carbocycles. The summed E-state index contributed by atoms with van der Waals surface area (Å²) in [5, 5.41) is 11.7. The Hall–Kier alpha value is -3.00. The van der Waals surface area contributed by atoms with Crippen molar-refractivity contribution in [2.24, 2.45) is 0 Å². The second-order valence-electron chi connectivity index (χ2n) is 5.76. The summed E-state index contributed by atoms with van der Waals surface area (Å²) < 4.78 is 35.1. The smallest absolute Gasteiger partial charge is 0.339 e. The van der Waals surface area contributed by atoms with E-state index in [4.69, 9.17) is 4.74 Å². The molecule has 144 valence electrons. The van der Waals surface area contributed by atoms with Gasteiger partial charge in [0, 0.05) is 10.7 Å². The zero-order valence-electron chi connectivity index (χ0n) is 14.7. The Kier molecular flexibility index (Phi) is 5.89. The molecule has 0 bridgehead atoms. The van der Waals surface area contributed by atoms with Gasteiger partial charge in [-0.1, -0.05) is 12.1 Å². The molecule has 8 heteroatoms. The molecule has 1 heterocycles.